The number of hydrogen-bond acceptors (Lipinski definition) is 8. The van der Waals surface area contributed by atoms with Crippen molar-refractivity contribution in [3.63, 3.8) is 0 Å². The summed E-state index contributed by atoms with van der Waals surface area (Å²) in [6.45, 7) is 3.88. The zero-order valence-corrected chi connectivity index (χ0v) is 26.9. The monoisotopic (exact) mass is 638 g/mol. The van der Waals surface area contributed by atoms with Crippen LogP contribution in [0.2, 0.25) is 5.15 Å². The first-order chi connectivity index (χ1) is 22.4. The van der Waals surface area contributed by atoms with Gasteiger partial charge in [0.15, 0.2) is 0 Å². The molecule has 5 aromatic rings. The highest BCUT2D eigenvalue weighted by Gasteiger charge is 2.25. The van der Waals surface area contributed by atoms with Crippen molar-refractivity contribution < 1.29 is 23.7 Å². The van der Waals surface area contributed by atoms with Crippen molar-refractivity contribution in [2.24, 2.45) is 0 Å². The molecule has 5 heterocycles. The van der Waals surface area contributed by atoms with Gasteiger partial charge in [0, 0.05) is 36.4 Å². The molecule has 0 saturated carbocycles. The number of halogens is 1. The highest BCUT2D eigenvalue weighted by atomic mass is 35.5. The van der Waals surface area contributed by atoms with Gasteiger partial charge >= 0.3 is 5.97 Å². The van der Waals surface area contributed by atoms with E-state index in [1.54, 1.807) is 19.4 Å². The summed E-state index contributed by atoms with van der Waals surface area (Å²) < 4.78 is 24.9. The zero-order chi connectivity index (χ0) is 31.8. The fourth-order valence-corrected chi connectivity index (χ4v) is 6.56. The maximum Gasteiger partial charge on any atom is 0.338 e. The third kappa shape index (κ3) is 5.92. The van der Waals surface area contributed by atoms with Gasteiger partial charge in [0.25, 0.3) is 0 Å². The van der Waals surface area contributed by atoms with Gasteiger partial charge in [-0.2, -0.15) is 0 Å². The number of fused-ring (bicyclic) bond motifs is 7. The van der Waals surface area contributed by atoms with Crippen molar-refractivity contribution in [1.29, 1.82) is 0 Å². The van der Waals surface area contributed by atoms with Crippen LogP contribution in [-0.4, -0.2) is 52.4 Å². The Hall–Kier alpha value is -4.47. The number of imidazole rings is 1. The van der Waals surface area contributed by atoms with E-state index in [1.165, 1.54) is 18.2 Å². The van der Waals surface area contributed by atoms with Crippen LogP contribution in [0.1, 0.15) is 56.8 Å². The lowest BCUT2D eigenvalue weighted by atomic mass is 9.91. The largest absolute Gasteiger partial charge is 0.494 e. The smallest absolute Gasteiger partial charge is 0.338 e. The van der Waals surface area contributed by atoms with Crippen LogP contribution in [0.5, 0.6) is 11.6 Å². The normalized spacial score (nSPS) is 15.9. The summed E-state index contributed by atoms with van der Waals surface area (Å²) >= 11 is 6.31. The third-order valence-corrected chi connectivity index (χ3v) is 9.14. The Morgan fingerprint density at radius 3 is 2.70 bits per heavy atom. The van der Waals surface area contributed by atoms with Crippen molar-refractivity contribution in [2.75, 3.05) is 20.8 Å². The van der Waals surface area contributed by atoms with E-state index in [-0.39, 0.29) is 6.10 Å². The summed E-state index contributed by atoms with van der Waals surface area (Å²) in [5.74, 6) is 1.56. The quantitative estimate of drug-likeness (QED) is 0.150. The Morgan fingerprint density at radius 1 is 1.07 bits per heavy atom. The molecule has 7 rings (SSSR count). The van der Waals surface area contributed by atoms with Gasteiger partial charge in [-0.3, -0.25) is 0 Å². The van der Waals surface area contributed by atoms with Gasteiger partial charge in [0.2, 0.25) is 5.88 Å². The van der Waals surface area contributed by atoms with Gasteiger partial charge in [0.05, 0.1) is 43.6 Å². The second-order valence-electron chi connectivity index (χ2n) is 11.8. The lowest BCUT2D eigenvalue weighted by Crippen LogP contribution is -2.31. The second-order valence-corrected chi connectivity index (χ2v) is 12.2. The van der Waals surface area contributed by atoms with E-state index in [0.29, 0.717) is 47.4 Å². The first-order valence-electron chi connectivity index (χ1n) is 15.5. The Kier molecular flexibility index (Phi) is 8.36. The predicted molar refractivity (Wildman–Crippen MR) is 175 cm³/mol. The van der Waals surface area contributed by atoms with Gasteiger partial charge in [-0.05, 0) is 85.2 Å². The molecular weight excluding hydrogens is 604 g/mol. The summed E-state index contributed by atoms with van der Waals surface area (Å²) in [7, 11) is 2.97. The molecule has 0 spiro atoms. The number of benzene rings is 2. The van der Waals surface area contributed by atoms with Crippen LogP contribution >= 0.6 is 11.6 Å². The molecule has 236 valence electrons. The maximum atomic E-state index is 12.6. The second kappa shape index (κ2) is 12.7. The molecule has 2 aliphatic heterocycles. The highest BCUT2D eigenvalue weighted by molar-refractivity contribution is 6.29. The van der Waals surface area contributed by atoms with Crippen LogP contribution in [0, 0.1) is 6.92 Å². The van der Waals surface area contributed by atoms with Crippen molar-refractivity contribution in [1.82, 2.24) is 19.5 Å². The van der Waals surface area contributed by atoms with Crippen LogP contribution in [0.25, 0.3) is 22.3 Å². The van der Waals surface area contributed by atoms with Crippen LogP contribution < -0.4 is 9.47 Å². The van der Waals surface area contributed by atoms with Crippen LogP contribution in [0.4, 0.5) is 0 Å². The molecule has 2 aromatic carbocycles. The molecule has 1 atom stereocenters. The Bertz CT molecular complexity index is 1950. The number of hydrogen-bond donors (Lipinski definition) is 0. The minimum Gasteiger partial charge on any atom is -0.494 e. The molecule has 0 unspecified atom stereocenters. The Morgan fingerprint density at radius 2 is 1.91 bits per heavy atom. The summed E-state index contributed by atoms with van der Waals surface area (Å²) in [4.78, 5) is 26.9. The molecule has 3 aromatic heterocycles. The van der Waals surface area contributed by atoms with Gasteiger partial charge in [-0.1, -0.05) is 23.7 Å². The number of nitrogens with zero attached hydrogens (tertiary/aromatic N) is 4. The molecule has 0 radical (unpaired) electrons. The van der Waals surface area contributed by atoms with E-state index >= 15 is 0 Å². The van der Waals surface area contributed by atoms with E-state index in [9.17, 15) is 4.79 Å². The van der Waals surface area contributed by atoms with E-state index < -0.39 is 5.97 Å². The van der Waals surface area contributed by atoms with Gasteiger partial charge in [-0.25, -0.2) is 19.7 Å². The molecule has 1 saturated heterocycles. The molecule has 46 heavy (non-hydrogen) atoms. The van der Waals surface area contributed by atoms with Crippen molar-refractivity contribution in [2.45, 2.75) is 58.3 Å². The van der Waals surface area contributed by atoms with Crippen molar-refractivity contribution in [3.05, 3.63) is 99.1 Å². The molecular formula is C36H35ClN4O5. The lowest BCUT2D eigenvalue weighted by molar-refractivity contribution is -0.0589. The van der Waals surface area contributed by atoms with E-state index in [0.717, 1.165) is 71.6 Å². The van der Waals surface area contributed by atoms with Crippen molar-refractivity contribution in [3.8, 4) is 22.9 Å². The summed E-state index contributed by atoms with van der Waals surface area (Å²) in [6.07, 6.45) is 6.05. The minimum atomic E-state index is -0.423. The average molecular weight is 639 g/mol. The van der Waals surface area contributed by atoms with Gasteiger partial charge in [-0.15, -0.1) is 0 Å². The number of esters is 1. The standard InChI is InChI=1S/C36H35ClN4O5/c1-21-12-24(17-33-40-35-30(41(33)19-27-10-11-45-27)14-25(36(42)44-3)15-31(35)43-2)22-6-4-7-23-16-32(37)38-18-26(23)20-46-34-9-5-8-29(39-34)28(21)13-22/h5,8-9,12-16,18,27H,4,6-7,10-11,17,19-20H2,1-3H3/t27-/m0/s1. The molecule has 4 bridgehead atoms. The number of aryl methyl sites for hydroxylation is 3. The van der Waals surface area contributed by atoms with Crippen LogP contribution in [-0.2, 0) is 41.9 Å². The summed E-state index contributed by atoms with van der Waals surface area (Å²) in [5, 5.41) is 0.474. The van der Waals surface area contributed by atoms with E-state index in [4.69, 9.17) is 40.5 Å². The summed E-state index contributed by atoms with van der Waals surface area (Å²) in [6, 6.07) is 15.9. The Balaban J connectivity index is 1.33. The van der Waals surface area contributed by atoms with Crippen LogP contribution in [0.3, 0.4) is 0 Å². The fourth-order valence-electron chi connectivity index (χ4n) is 6.38. The number of methoxy groups -OCH3 is 2. The molecule has 2 aliphatic rings. The summed E-state index contributed by atoms with van der Waals surface area (Å²) in [5.41, 5.74) is 9.56. The molecule has 0 aliphatic carbocycles. The molecule has 1 fully saturated rings. The lowest BCUT2D eigenvalue weighted by Gasteiger charge is -2.27. The predicted octanol–water partition coefficient (Wildman–Crippen LogP) is 6.70. The number of aromatic nitrogens is 4. The minimum absolute atomic E-state index is 0.0870. The highest BCUT2D eigenvalue weighted by Crippen LogP contribution is 2.34. The molecule has 10 heteroatoms. The van der Waals surface area contributed by atoms with Crippen molar-refractivity contribution >= 4 is 28.6 Å². The number of ether oxygens (including phenoxy) is 4. The molecule has 9 nitrogen and oxygen atoms in total. The number of rotatable bonds is 6. The third-order valence-electron chi connectivity index (χ3n) is 8.93. The first kappa shape index (κ1) is 30.2. The van der Waals surface area contributed by atoms with E-state index in [2.05, 4.69) is 28.6 Å². The van der Waals surface area contributed by atoms with E-state index in [1.807, 2.05) is 30.3 Å². The topological polar surface area (TPSA) is 97.6 Å². The number of carbonyl (C=O) groups is 1. The fraction of sp³-hybridized carbons (Fsp3) is 0.333. The number of pyridine rings is 2. The van der Waals surface area contributed by atoms with Gasteiger partial charge < -0.3 is 23.5 Å². The van der Waals surface area contributed by atoms with Gasteiger partial charge in [0.1, 0.15) is 28.9 Å². The Labute approximate surface area is 272 Å². The average Bonchev–Trinajstić information content (AvgIpc) is 3.38. The SMILES string of the molecule is COC(=O)c1cc(OC)c2nc(Cc3cc(C)c4cc3CCCc3cc(Cl)ncc3COc3cccc-4n3)n(C[C@@H]3CCO3)c2c1. The molecule has 0 N–H and O–H groups in total. The first-order valence-corrected chi connectivity index (χ1v) is 15.9. The zero-order valence-electron chi connectivity index (χ0n) is 26.1. The van der Waals surface area contributed by atoms with Crippen LogP contribution in [0.15, 0.2) is 54.7 Å². The maximum absolute atomic E-state index is 12.6. The number of carbonyl (C=O) groups excluding carboxylic acids is 1. The molecule has 0 amide bonds.